The molecule has 1 aromatic carbocycles. The summed E-state index contributed by atoms with van der Waals surface area (Å²) >= 11 is 0. The molecule has 184 valence electrons. The first kappa shape index (κ1) is 27.9. The van der Waals surface area contributed by atoms with Crippen molar-refractivity contribution in [3.8, 4) is 0 Å². The van der Waals surface area contributed by atoms with Gasteiger partial charge in [0.25, 0.3) is 5.91 Å². The van der Waals surface area contributed by atoms with Crippen molar-refractivity contribution in [1.29, 1.82) is 0 Å². The second kappa shape index (κ2) is 13.4. The van der Waals surface area contributed by atoms with Crippen molar-refractivity contribution in [3.63, 3.8) is 0 Å². The third-order valence-electron chi connectivity index (χ3n) is 4.68. The average Bonchev–Trinajstić information content (AvgIpc) is 2.78. The van der Waals surface area contributed by atoms with Crippen LogP contribution in [0.15, 0.2) is 30.3 Å². The number of carbonyl (C=O) groups excluding carboxylic acids is 3. The number of hydrogen-bond acceptors (Lipinski definition) is 9. The van der Waals surface area contributed by atoms with Gasteiger partial charge in [-0.2, -0.15) is 0 Å². The fourth-order valence-corrected chi connectivity index (χ4v) is 2.82. The number of nitrogens with one attached hydrogen (secondary N) is 3. The zero-order valence-corrected chi connectivity index (χ0v) is 17.9. The van der Waals surface area contributed by atoms with E-state index in [2.05, 4.69) is 16.0 Å². The number of hydrogen-bond donors (Lipinski definition) is 9. The van der Waals surface area contributed by atoms with Gasteiger partial charge in [-0.05, 0) is 5.56 Å². The largest absolute Gasteiger partial charge is 0.481 e. The molecule has 0 aliphatic heterocycles. The standard InChI is InChI=1S/C20H30N4O9/c1-10(26)22-8-12(21)19(32)24-14(9-25)16(29)17(30)18(31)20(33)23-13(7-15(27)28)11-5-3-2-4-6-11/h2-6,12-14,16-18,25,29-31H,7-9,21H2,1H3,(H,22,26)(H,23,33)(H,24,32)(H,27,28)/t12?,13?,14-,16+,17+,18-/m0/s1. The number of carbonyl (C=O) groups is 4. The molecule has 0 aliphatic carbocycles. The number of amides is 3. The Morgan fingerprint density at radius 3 is 2.09 bits per heavy atom. The molecule has 0 aromatic heterocycles. The molecule has 2 unspecified atom stereocenters. The predicted octanol–water partition coefficient (Wildman–Crippen LogP) is -3.66. The monoisotopic (exact) mass is 470 g/mol. The number of aliphatic carboxylic acids is 1. The highest BCUT2D eigenvalue weighted by atomic mass is 16.4. The Morgan fingerprint density at radius 2 is 1.58 bits per heavy atom. The molecular weight excluding hydrogens is 440 g/mol. The molecule has 0 radical (unpaired) electrons. The van der Waals surface area contributed by atoms with E-state index in [1.807, 2.05) is 0 Å². The van der Waals surface area contributed by atoms with E-state index in [-0.39, 0.29) is 6.54 Å². The fourth-order valence-electron chi connectivity index (χ4n) is 2.82. The minimum atomic E-state index is -2.22. The van der Waals surface area contributed by atoms with Crippen LogP contribution in [0.3, 0.4) is 0 Å². The first-order valence-electron chi connectivity index (χ1n) is 10.0. The molecular formula is C20H30N4O9. The fraction of sp³-hybridized carbons (Fsp3) is 0.500. The van der Waals surface area contributed by atoms with Gasteiger partial charge in [-0.1, -0.05) is 30.3 Å². The number of rotatable bonds is 13. The summed E-state index contributed by atoms with van der Waals surface area (Å²) in [5, 5.41) is 56.0. The van der Waals surface area contributed by atoms with Gasteiger partial charge >= 0.3 is 5.97 Å². The Hall–Kier alpha value is -3.10. The number of benzene rings is 1. The summed E-state index contributed by atoms with van der Waals surface area (Å²) in [5.74, 6) is -3.71. The maximum atomic E-state index is 12.4. The second-order valence-corrected chi connectivity index (χ2v) is 7.34. The van der Waals surface area contributed by atoms with Gasteiger partial charge in [0.1, 0.15) is 18.2 Å². The molecule has 0 fully saturated rings. The zero-order chi connectivity index (χ0) is 25.1. The van der Waals surface area contributed by atoms with Crippen molar-refractivity contribution < 1.29 is 44.7 Å². The van der Waals surface area contributed by atoms with Crippen LogP contribution in [0.25, 0.3) is 0 Å². The summed E-state index contributed by atoms with van der Waals surface area (Å²) < 4.78 is 0. The van der Waals surface area contributed by atoms with Gasteiger partial charge in [-0.15, -0.1) is 0 Å². The van der Waals surface area contributed by atoms with E-state index >= 15 is 0 Å². The number of nitrogens with two attached hydrogens (primary N) is 1. The molecule has 1 aromatic rings. The van der Waals surface area contributed by atoms with E-state index in [0.29, 0.717) is 5.56 Å². The van der Waals surface area contributed by atoms with Gasteiger partial charge in [0, 0.05) is 13.5 Å². The molecule has 13 heteroatoms. The molecule has 0 heterocycles. The van der Waals surface area contributed by atoms with Crippen LogP contribution in [0.2, 0.25) is 0 Å². The Morgan fingerprint density at radius 1 is 0.970 bits per heavy atom. The summed E-state index contributed by atoms with van der Waals surface area (Å²) in [7, 11) is 0. The van der Waals surface area contributed by atoms with E-state index in [1.54, 1.807) is 30.3 Å². The van der Waals surface area contributed by atoms with Gasteiger partial charge in [0.2, 0.25) is 11.8 Å². The van der Waals surface area contributed by atoms with Crippen LogP contribution >= 0.6 is 0 Å². The number of aliphatic hydroxyl groups is 4. The molecule has 0 saturated heterocycles. The maximum absolute atomic E-state index is 12.4. The van der Waals surface area contributed by atoms with E-state index in [9.17, 15) is 39.6 Å². The summed E-state index contributed by atoms with van der Waals surface area (Å²) in [6.07, 6.45) is -6.89. The highest BCUT2D eigenvalue weighted by Crippen LogP contribution is 2.17. The highest BCUT2D eigenvalue weighted by molar-refractivity contribution is 5.84. The van der Waals surface area contributed by atoms with Crippen LogP contribution in [0.1, 0.15) is 24.9 Å². The van der Waals surface area contributed by atoms with Crippen molar-refractivity contribution in [1.82, 2.24) is 16.0 Å². The predicted molar refractivity (Wildman–Crippen MR) is 113 cm³/mol. The van der Waals surface area contributed by atoms with Crippen molar-refractivity contribution in [2.75, 3.05) is 13.2 Å². The number of carboxylic acid groups (broad SMARTS) is 1. The Kier molecular flexibility index (Phi) is 11.4. The normalized spacial score (nSPS) is 16.4. The molecule has 0 aliphatic rings. The molecule has 3 amide bonds. The molecule has 0 saturated carbocycles. The first-order valence-corrected chi connectivity index (χ1v) is 10.0. The average molecular weight is 470 g/mol. The third-order valence-corrected chi connectivity index (χ3v) is 4.68. The number of carboxylic acids is 1. The first-order chi connectivity index (χ1) is 15.5. The van der Waals surface area contributed by atoms with Gasteiger partial charge in [-0.25, -0.2) is 0 Å². The Labute approximate surface area is 189 Å². The summed E-state index contributed by atoms with van der Waals surface area (Å²) in [4.78, 5) is 46.5. The van der Waals surface area contributed by atoms with Crippen molar-refractivity contribution in [3.05, 3.63) is 35.9 Å². The van der Waals surface area contributed by atoms with Crippen LogP contribution in [0.4, 0.5) is 0 Å². The molecule has 6 atom stereocenters. The van der Waals surface area contributed by atoms with Gasteiger partial charge < -0.3 is 47.2 Å². The Bertz CT molecular complexity index is 808. The lowest BCUT2D eigenvalue weighted by Gasteiger charge is -2.30. The zero-order valence-electron chi connectivity index (χ0n) is 17.9. The lowest BCUT2D eigenvalue weighted by molar-refractivity contribution is -0.145. The quantitative estimate of drug-likeness (QED) is 0.137. The van der Waals surface area contributed by atoms with E-state index < -0.39 is 73.2 Å². The highest BCUT2D eigenvalue weighted by Gasteiger charge is 2.37. The van der Waals surface area contributed by atoms with Crippen LogP contribution in [0, 0.1) is 0 Å². The molecule has 1 rings (SSSR count). The summed E-state index contributed by atoms with van der Waals surface area (Å²) in [6, 6.07) is 4.28. The lowest BCUT2D eigenvalue weighted by Crippen LogP contribution is -2.59. The topological polar surface area (TPSA) is 232 Å². The van der Waals surface area contributed by atoms with E-state index in [0.717, 1.165) is 0 Å². The van der Waals surface area contributed by atoms with E-state index in [4.69, 9.17) is 10.8 Å². The maximum Gasteiger partial charge on any atom is 0.305 e. The van der Waals surface area contributed by atoms with Crippen LogP contribution in [-0.4, -0.2) is 92.8 Å². The van der Waals surface area contributed by atoms with Crippen molar-refractivity contribution >= 4 is 23.7 Å². The van der Waals surface area contributed by atoms with Crippen LogP contribution in [-0.2, 0) is 19.2 Å². The molecule has 13 nitrogen and oxygen atoms in total. The van der Waals surface area contributed by atoms with Crippen molar-refractivity contribution in [2.24, 2.45) is 5.73 Å². The van der Waals surface area contributed by atoms with Crippen LogP contribution < -0.4 is 21.7 Å². The lowest BCUT2D eigenvalue weighted by atomic mass is 9.99. The van der Waals surface area contributed by atoms with Gasteiger partial charge in [0.05, 0.1) is 25.1 Å². The summed E-state index contributed by atoms with van der Waals surface area (Å²) in [6.45, 7) is 0.108. The smallest absolute Gasteiger partial charge is 0.305 e. The second-order valence-electron chi connectivity index (χ2n) is 7.34. The SMILES string of the molecule is CC(=O)NCC(N)C(=O)N[C@@H](CO)[C@@H](O)[C@@H](O)[C@H](O)C(=O)NC(CC(=O)O)c1ccccc1. The minimum absolute atomic E-state index is 0.229. The molecule has 0 spiro atoms. The van der Waals surface area contributed by atoms with E-state index in [1.165, 1.54) is 6.92 Å². The van der Waals surface area contributed by atoms with Crippen molar-refractivity contribution in [2.45, 2.75) is 49.8 Å². The minimum Gasteiger partial charge on any atom is -0.481 e. The van der Waals surface area contributed by atoms with Gasteiger partial charge in [-0.3, -0.25) is 19.2 Å². The molecule has 0 bridgehead atoms. The van der Waals surface area contributed by atoms with Gasteiger partial charge in [0.15, 0.2) is 6.10 Å². The number of aliphatic hydroxyl groups excluding tert-OH is 4. The molecule has 10 N–H and O–H groups in total. The van der Waals surface area contributed by atoms with Crippen LogP contribution in [0.5, 0.6) is 0 Å². The molecule has 33 heavy (non-hydrogen) atoms. The third kappa shape index (κ3) is 9.11. The Balaban J connectivity index is 2.81. The summed E-state index contributed by atoms with van der Waals surface area (Å²) in [5.41, 5.74) is 6.02.